The second kappa shape index (κ2) is 11.0. The molecule has 1 heterocycles. The van der Waals surface area contributed by atoms with Gasteiger partial charge in [0.1, 0.15) is 5.75 Å². The number of methoxy groups -OCH3 is 1. The first-order valence-electron chi connectivity index (χ1n) is 11.9. The Morgan fingerprint density at radius 3 is 2.23 bits per heavy atom. The topological polar surface area (TPSA) is 82.7 Å². The second-order valence-corrected chi connectivity index (χ2v) is 8.91. The smallest absolute Gasteiger partial charge is 0.323 e. The average molecular weight is 473 g/mol. The van der Waals surface area contributed by atoms with Crippen LogP contribution in [0.1, 0.15) is 39.9 Å². The number of carbonyl (C=O) groups is 2. The molecule has 7 heteroatoms. The molecule has 0 unspecified atom stereocenters. The van der Waals surface area contributed by atoms with Gasteiger partial charge in [0.15, 0.2) is 0 Å². The van der Waals surface area contributed by atoms with Crippen molar-refractivity contribution in [3.05, 3.63) is 82.9 Å². The summed E-state index contributed by atoms with van der Waals surface area (Å²) in [6.07, 6.45) is 2.22. The van der Waals surface area contributed by atoms with Gasteiger partial charge in [-0.25, -0.2) is 4.79 Å². The van der Waals surface area contributed by atoms with Crippen LogP contribution in [-0.4, -0.2) is 32.1 Å². The molecule has 7 nitrogen and oxygen atoms in total. The monoisotopic (exact) mass is 472 g/mol. The number of urea groups is 1. The van der Waals surface area contributed by atoms with Crippen molar-refractivity contribution in [3.63, 3.8) is 0 Å². The molecule has 1 saturated heterocycles. The van der Waals surface area contributed by atoms with Crippen molar-refractivity contribution in [1.82, 2.24) is 5.32 Å². The van der Waals surface area contributed by atoms with Crippen molar-refractivity contribution in [3.8, 4) is 5.75 Å². The van der Waals surface area contributed by atoms with Gasteiger partial charge in [-0.2, -0.15) is 0 Å². The van der Waals surface area contributed by atoms with Gasteiger partial charge in [0.2, 0.25) is 0 Å². The van der Waals surface area contributed by atoms with E-state index in [-0.39, 0.29) is 11.9 Å². The number of hydrogen-bond donors (Lipinski definition) is 3. The molecular weight excluding hydrogens is 440 g/mol. The van der Waals surface area contributed by atoms with Crippen molar-refractivity contribution in [2.45, 2.75) is 33.2 Å². The number of anilines is 3. The summed E-state index contributed by atoms with van der Waals surface area (Å²) in [4.78, 5) is 28.0. The maximum Gasteiger partial charge on any atom is 0.323 e. The van der Waals surface area contributed by atoms with E-state index in [1.807, 2.05) is 62.4 Å². The number of benzene rings is 3. The van der Waals surface area contributed by atoms with E-state index in [1.165, 1.54) is 0 Å². The number of carbonyl (C=O) groups excluding carboxylic acids is 2. The van der Waals surface area contributed by atoms with Crippen LogP contribution in [0.2, 0.25) is 0 Å². The van der Waals surface area contributed by atoms with Gasteiger partial charge < -0.3 is 25.6 Å². The quantitative estimate of drug-likeness (QED) is 0.425. The van der Waals surface area contributed by atoms with E-state index in [0.29, 0.717) is 17.8 Å². The molecule has 4 rings (SSSR count). The summed E-state index contributed by atoms with van der Waals surface area (Å²) < 4.78 is 5.18. The number of nitrogens with one attached hydrogen (secondary N) is 3. The van der Waals surface area contributed by atoms with E-state index >= 15 is 0 Å². The Hall–Kier alpha value is -4.00. The largest absolute Gasteiger partial charge is 0.497 e. The van der Waals surface area contributed by atoms with E-state index in [0.717, 1.165) is 59.7 Å². The van der Waals surface area contributed by atoms with E-state index in [9.17, 15) is 9.59 Å². The highest BCUT2D eigenvalue weighted by Crippen LogP contribution is 2.30. The number of hydrogen-bond acceptors (Lipinski definition) is 4. The van der Waals surface area contributed by atoms with Crippen molar-refractivity contribution < 1.29 is 14.3 Å². The van der Waals surface area contributed by atoms with Gasteiger partial charge in [-0.1, -0.05) is 18.2 Å². The molecule has 0 spiro atoms. The van der Waals surface area contributed by atoms with Crippen LogP contribution in [0.15, 0.2) is 60.7 Å². The zero-order valence-electron chi connectivity index (χ0n) is 20.5. The lowest BCUT2D eigenvalue weighted by molar-refractivity contribution is 0.0951. The lowest BCUT2D eigenvalue weighted by atomic mass is 10.1. The van der Waals surface area contributed by atoms with Crippen molar-refractivity contribution in [2.24, 2.45) is 0 Å². The fourth-order valence-electron chi connectivity index (χ4n) is 4.37. The Labute approximate surface area is 206 Å². The summed E-state index contributed by atoms with van der Waals surface area (Å²) in [5.74, 6) is 0.568. The maximum absolute atomic E-state index is 12.9. The van der Waals surface area contributed by atoms with Crippen LogP contribution in [-0.2, 0) is 6.54 Å². The third-order valence-electron chi connectivity index (χ3n) is 6.05. The maximum atomic E-state index is 12.9. The Morgan fingerprint density at radius 1 is 0.886 bits per heavy atom. The SMILES string of the molecule is COc1ccc(CNC(=O)c2ccc(N3CCCC3)c(NC(=O)Nc3cc(C)cc(C)c3)c2)cc1. The zero-order chi connectivity index (χ0) is 24.8. The minimum Gasteiger partial charge on any atom is -0.497 e. The molecule has 1 aliphatic rings. The van der Waals surface area contributed by atoms with Crippen LogP contribution in [0, 0.1) is 13.8 Å². The standard InChI is InChI=1S/C28H32N4O3/c1-19-14-20(2)16-23(15-19)30-28(34)31-25-17-22(8-11-26(25)32-12-4-5-13-32)27(33)29-18-21-6-9-24(35-3)10-7-21/h6-11,14-17H,4-5,12-13,18H2,1-3H3,(H,29,33)(H2,30,31,34). The van der Waals surface area contributed by atoms with Gasteiger partial charge in [0.25, 0.3) is 5.91 Å². The first-order valence-corrected chi connectivity index (χ1v) is 11.9. The fraction of sp³-hybridized carbons (Fsp3) is 0.286. The van der Waals surface area contributed by atoms with Crippen LogP contribution in [0.3, 0.4) is 0 Å². The van der Waals surface area contributed by atoms with Gasteiger partial charge in [0.05, 0.1) is 18.5 Å². The molecule has 35 heavy (non-hydrogen) atoms. The van der Waals surface area contributed by atoms with Gasteiger partial charge in [-0.15, -0.1) is 0 Å². The zero-order valence-corrected chi connectivity index (χ0v) is 20.5. The first kappa shape index (κ1) is 24.1. The van der Waals surface area contributed by atoms with E-state index in [4.69, 9.17) is 4.74 Å². The normalized spacial score (nSPS) is 12.8. The predicted molar refractivity (Wildman–Crippen MR) is 141 cm³/mol. The van der Waals surface area contributed by atoms with Crippen molar-refractivity contribution in [1.29, 1.82) is 0 Å². The predicted octanol–water partition coefficient (Wildman–Crippen LogP) is 5.49. The summed E-state index contributed by atoms with van der Waals surface area (Å²) in [5, 5.41) is 8.84. The molecule has 3 aromatic rings. The van der Waals surface area contributed by atoms with Gasteiger partial charge in [-0.3, -0.25) is 4.79 Å². The van der Waals surface area contributed by atoms with Gasteiger partial charge in [0, 0.05) is 30.9 Å². The highest BCUT2D eigenvalue weighted by molar-refractivity contribution is 6.04. The first-order chi connectivity index (χ1) is 16.9. The Morgan fingerprint density at radius 2 is 1.57 bits per heavy atom. The molecule has 3 aromatic carbocycles. The molecule has 0 atom stereocenters. The average Bonchev–Trinajstić information content (AvgIpc) is 3.37. The number of nitrogens with zero attached hydrogens (tertiary/aromatic N) is 1. The van der Waals surface area contributed by atoms with Crippen LogP contribution in [0.4, 0.5) is 21.9 Å². The lowest BCUT2D eigenvalue weighted by Gasteiger charge is -2.22. The number of aryl methyl sites for hydroxylation is 2. The number of rotatable bonds is 7. The molecule has 1 fully saturated rings. The van der Waals surface area contributed by atoms with Crippen LogP contribution < -0.4 is 25.6 Å². The molecule has 3 amide bonds. The number of amides is 3. The molecule has 182 valence electrons. The summed E-state index contributed by atoms with van der Waals surface area (Å²) in [5.41, 5.74) is 5.89. The third kappa shape index (κ3) is 6.32. The summed E-state index contributed by atoms with van der Waals surface area (Å²) in [7, 11) is 1.62. The summed E-state index contributed by atoms with van der Waals surface area (Å²) in [6.45, 7) is 6.24. The number of ether oxygens (including phenoxy) is 1. The fourth-order valence-corrected chi connectivity index (χ4v) is 4.37. The Kier molecular flexibility index (Phi) is 7.55. The molecule has 0 aliphatic carbocycles. The Bertz CT molecular complexity index is 1180. The lowest BCUT2D eigenvalue weighted by Crippen LogP contribution is -2.26. The molecule has 0 radical (unpaired) electrons. The minimum atomic E-state index is -0.341. The summed E-state index contributed by atoms with van der Waals surface area (Å²) in [6, 6.07) is 18.6. The molecule has 0 bridgehead atoms. The molecule has 1 aliphatic heterocycles. The highest BCUT2D eigenvalue weighted by Gasteiger charge is 2.19. The highest BCUT2D eigenvalue weighted by atomic mass is 16.5. The van der Waals surface area contributed by atoms with Crippen LogP contribution in [0.25, 0.3) is 0 Å². The van der Waals surface area contributed by atoms with Gasteiger partial charge >= 0.3 is 6.03 Å². The van der Waals surface area contributed by atoms with Crippen LogP contribution in [0.5, 0.6) is 5.75 Å². The van der Waals surface area contributed by atoms with E-state index in [1.54, 1.807) is 13.2 Å². The van der Waals surface area contributed by atoms with Crippen molar-refractivity contribution >= 4 is 29.0 Å². The minimum absolute atomic E-state index is 0.202. The van der Waals surface area contributed by atoms with Crippen LogP contribution >= 0.6 is 0 Å². The summed E-state index contributed by atoms with van der Waals surface area (Å²) >= 11 is 0. The molecule has 0 saturated carbocycles. The molecule has 3 N–H and O–H groups in total. The van der Waals surface area contributed by atoms with E-state index in [2.05, 4.69) is 26.9 Å². The molecule has 0 aromatic heterocycles. The second-order valence-electron chi connectivity index (χ2n) is 8.91. The Balaban J connectivity index is 1.49. The third-order valence-corrected chi connectivity index (χ3v) is 6.05. The van der Waals surface area contributed by atoms with E-state index < -0.39 is 0 Å². The molecular formula is C28H32N4O3. The van der Waals surface area contributed by atoms with Crippen molar-refractivity contribution in [2.75, 3.05) is 35.7 Å². The van der Waals surface area contributed by atoms with Gasteiger partial charge in [-0.05, 0) is 85.8 Å².